The molecule has 84 valence electrons. The molecule has 0 aromatic carbocycles. The van der Waals surface area contributed by atoms with E-state index >= 15 is 0 Å². The van der Waals surface area contributed by atoms with Crippen LogP contribution in [0.1, 0.15) is 0 Å². The van der Waals surface area contributed by atoms with E-state index in [4.69, 9.17) is 5.11 Å². The number of rotatable bonds is 4. The Labute approximate surface area is 88.3 Å². The molecular weight excluding hydrogens is 200 g/mol. The second-order valence-electron chi connectivity index (χ2n) is 1.99. The van der Waals surface area contributed by atoms with Gasteiger partial charge in [0.25, 0.3) is 0 Å². The minimum atomic E-state index is -1.23. The first-order valence-corrected chi connectivity index (χ1v) is 3.85. The molecule has 0 radical (unpaired) electrons. The molecule has 0 saturated heterocycles. The summed E-state index contributed by atoms with van der Waals surface area (Å²) in [6.07, 6.45) is 1.95. The number of aliphatic hydroxyl groups excluding tert-OH is 1. The van der Waals surface area contributed by atoms with E-state index in [2.05, 4.69) is 29.2 Å². The third kappa shape index (κ3) is 12.1. The second kappa shape index (κ2) is 10.2. The van der Waals surface area contributed by atoms with Crippen LogP contribution in [0, 0.1) is 0 Å². The molecule has 1 atom stereocenters. The van der Waals surface area contributed by atoms with Crippen LogP contribution in [-0.4, -0.2) is 30.4 Å². The van der Waals surface area contributed by atoms with E-state index in [9.17, 15) is 9.59 Å². The number of carbonyl (C=O) groups is 2. The fourth-order valence-corrected chi connectivity index (χ4v) is 0.299. The number of aliphatic hydroxyl groups is 1. The summed E-state index contributed by atoms with van der Waals surface area (Å²) in [6, 6.07) is 0. The predicted octanol–water partition coefficient (Wildman–Crippen LogP) is 0.565. The van der Waals surface area contributed by atoms with Crippen molar-refractivity contribution in [1.29, 1.82) is 0 Å². The molecule has 5 nitrogen and oxygen atoms in total. The van der Waals surface area contributed by atoms with Crippen LogP contribution in [0.5, 0.6) is 0 Å². The van der Waals surface area contributed by atoms with Crippen LogP contribution >= 0.6 is 0 Å². The maximum Gasteiger partial charge on any atom is 0.332 e. The fourth-order valence-electron chi connectivity index (χ4n) is 0.299. The van der Waals surface area contributed by atoms with E-state index in [-0.39, 0.29) is 0 Å². The average molecular weight is 214 g/mol. The second-order valence-corrected chi connectivity index (χ2v) is 1.99. The molecule has 0 aromatic heterocycles. The maximum absolute atomic E-state index is 10.2. The average Bonchev–Trinajstić information content (AvgIpc) is 2.28. The van der Waals surface area contributed by atoms with E-state index < -0.39 is 18.2 Å². The van der Waals surface area contributed by atoms with Gasteiger partial charge in [-0.2, -0.15) is 0 Å². The SMILES string of the molecule is C=CC(=O)OC.C=CC(=O)OC(O)C=C. The Kier molecular flexibility index (Phi) is 10.6. The Morgan fingerprint density at radius 2 is 1.67 bits per heavy atom. The van der Waals surface area contributed by atoms with Crippen molar-refractivity contribution in [2.75, 3.05) is 7.11 Å². The summed E-state index contributed by atoms with van der Waals surface area (Å²) in [5.41, 5.74) is 0. The van der Waals surface area contributed by atoms with Gasteiger partial charge in [-0.25, -0.2) is 9.59 Å². The van der Waals surface area contributed by atoms with E-state index in [0.717, 1.165) is 18.2 Å². The molecule has 1 unspecified atom stereocenters. The predicted molar refractivity (Wildman–Crippen MR) is 54.7 cm³/mol. The lowest BCUT2D eigenvalue weighted by molar-refractivity contribution is -0.154. The molecule has 0 aromatic rings. The van der Waals surface area contributed by atoms with Gasteiger partial charge in [-0.15, -0.1) is 0 Å². The van der Waals surface area contributed by atoms with Crippen molar-refractivity contribution in [3.8, 4) is 0 Å². The highest BCUT2D eigenvalue weighted by Crippen LogP contribution is 1.87. The summed E-state index contributed by atoms with van der Waals surface area (Å²) in [4.78, 5) is 20.1. The van der Waals surface area contributed by atoms with Gasteiger partial charge in [0.2, 0.25) is 6.29 Å². The van der Waals surface area contributed by atoms with Crippen LogP contribution in [-0.2, 0) is 19.1 Å². The van der Waals surface area contributed by atoms with Gasteiger partial charge in [-0.3, -0.25) is 0 Å². The zero-order valence-electron chi connectivity index (χ0n) is 8.51. The smallest absolute Gasteiger partial charge is 0.332 e. The molecule has 15 heavy (non-hydrogen) atoms. The minimum absolute atomic E-state index is 0.394. The largest absolute Gasteiger partial charge is 0.466 e. The Morgan fingerprint density at radius 1 is 1.20 bits per heavy atom. The molecule has 0 spiro atoms. The Morgan fingerprint density at radius 3 is 1.87 bits per heavy atom. The molecule has 0 aliphatic carbocycles. The van der Waals surface area contributed by atoms with Crippen molar-refractivity contribution in [2.45, 2.75) is 6.29 Å². The Hall–Kier alpha value is -1.88. The highest BCUT2D eigenvalue weighted by atomic mass is 16.6. The summed E-state index contributed by atoms with van der Waals surface area (Å²) in [5.74, 6) is -1.06. The third-order valence-electron chi connectivity index (χ3n) is 0.973. The van der Waals surface area contributed by atoms with Gasteiger partial charge >= 0.3 is 11.9 Å². The normalized spacial score (nSPS) is 9.73. The molecule has 5 heteroatoms. The fraction of sp³-hybridized carbons (Fsp3) is 0.200. The lowest BCUT2D eigenvalue weighted by Crippen LogP contribution is -2.12. The molecule has 0 aliphatic rings. The van der Waals surface area contributed by atoms with E-state index in [1.807, 2.05) is 0 Å². The third-order valence-corrected chi connectivity index (χ3v) is 0.973. The zero-order chi connectivity index (χ0) is 12.3. The summed E-state index contributed by atoms with van der Waals surface area (Å²) in [7, 11) is 1.31. The van der Waals surface area contributed by atoms with Crippen LogP contribution in [0.15, 0.2) is 38.0 Å². The summed E-state index contributed by atoms with van der Waals surface area (Å²) in [6.45, 7) is 9.47. The first-order chi connectivity index (χ1) is 7.01. The molecule has 0 aliphatic heterocycles. The van der Waals surface area contributed by atoms with Gasteiger partial charge in [0.15, 0.2) is 0 Å². The Balaban J connectivity index is 0. The first kappa shape index (κ1) is 15.6. The number of carbonyl (C=O) groups excluding carboxylic acids is 2. The van der Waals surface area contributed by atoms with Gasteiger partial charge in [0.05, 0.1) is 7.11 Å². The summed E-state index contributed by atoms with van der Waals surface area (Å²) in [5, 5.41) is 8.55. The van der Waals surface area contributed by atoms with Crippen molar-refractivity contribution >= 4 is 11.9 Å². The number of esters is 2. The highest BCUT2D eigenvalue weighted by molar-refractivity contribution is 5.81. The van der Waals surface area contributed by atoms with E-state index in [1.165, 1.54) is 7.11 Å². The van der Waals surface area contributed by atoms with Crippen molar-refractivity contribution in [2.24, 2.45) is 0 Å². The zero-order valence-corrected chi connectivity index (χ0v) is 8.51. The van der Waals surface area contributed by atoms with Gasteiger partial charge in [0.1, 0.15) is 0 Å². The van der Waals surface area contributed by atoms with Gasteiger partial charge < -0.3 is 14.6 Å². The number of hydrogen-bond donors (Lipinski definition) is 1. The Bertz CT molecular complexity index is 244. The molecule has 0 saturated carbocycles. The first-order valence-electron chi connectivity index (χ1n) is 3.85. The summed E-state index contributed by atoms with van der Waals surface area (Å²) < 4.78 is 8.37. The molecule has 0 heterocycles. The topological polar surface area (TPSA) is 72.8 Å². The monoisotopic (exact) mass is 214 g/mol. The van der Waals surface area contributed by atoms with Crippen LogP contribution < -0.4 is 0 Å². The lowest BCUT2D eigenvalue weighted by Gasteiger charge is -2.02. The van der Waals surface area contributed by atoms with E-state index in [0.29, 0.717) is 0 Å². The van der Waals surface area contributed by atoms with Crippen molar-refractivity contribution in [1.82, 2.24) is 0 Å². The quantitative estimate of drug-likeness (QED) is 0.320. The molecule has 0 amide bonds. The van der Waals surface area contributed by atoms with Crippen molar-refractivity contribution in [3.05, 3.63) is 38.0 Å². The van der Waals surface area contributed by atoms with Crippen LogP contribution in [0.25, 0.3) is 0 Å². The van der Waals surface area contributed by atoms with Crippen LogP contribution in [0.4, 0.5) is 0 Å². The molecule has 1 N–H and O–H groups in total. The van der Waals surface area contributed by atoms with Crippen molar-refractivity contribution in [3.63, 3.8) is 0 Å². The number of methoxy groups -OCH3 is 1. The van der Waals surface area contributed by atoms with Gasteiger partial charge in [-0.05, 0) is 6.08 Å². The number of hydrogen-bond acceptors (Lipinski definition) is 5. The highest BCUT2D eigenvalue weighted by Gasteiger charge is 2.00. The van der Waals surface area contributed by atoms with Crippen LogP contribution in [0.3, 0.4) is 0 Å². The standard InChI is InChI=1S/C6H8O3.C4H6O2/c1-3-5(7)9-6(8)4-2;1-3-4(5)6-2/h3-5,7H,1-2H2;3H,1H2,2H3. The molecule has 0 bridgehead atoms. The molecule has 0 rings (SSSR count). The minimum Gasteiger partial charge on any atom is -0.466 e. The molecule has 0 fully saturated rings. The molecular formula is C10H14O5. The number of ether oxygens (including phenoxy) is 2. The van der Waals surface area contributed by atoms with Crippen LogP contribution in [0.2, 0.25) is 0 Å². The van der Waals surface area contributed by atoms with E-state index in [1.54, 1.807) is 0 Å². The summed E-state index contributed by atoms with van der Waals surface area (Å²) >= 11 is 0. The van der Waals surface area contributed by atoms with Gasteiger partial charge in [0, 0.05) is 12.2 Å². The van der Waals surface area contributed by atoms with Crippen molar-refractivity contribution < 1.29 is 24.2 Å². The lowest BCUT2D eigenvalue weighted by atomic mass is 10.6. The maximum atomic E-state index is 10.2. The van der Waals surface area contributed by atoms with Gasteiger partial charge in [-0.1, -0.05) is 19.7 Å².